The third kappa shape index (κ3) is 3.62. The van der Waals surface area contributed by atoms with Crippen molar-refractivity contribution in [1.82, 2.24) is 4.98 Å². The molecule has 2 heterocycles. The van der Waals surface area contributed by atoms with Crippen molar-refractivity contribution in [3.63, 3.8) is 0 Å². The van der Waals surface area contributed by atoms with Crippen LogP contribution in [0.5, 0.6) is 0 Å². The van der Waals surface area contributed by atoms with Crippen LogP contribution in [0.1, 0.15) is 24.2 Å². The topological polar surface area (TPSA) is 97.9 Å². The average molecular weight is 295 g/mol. The van der Waals surface area contributed by atoms with Gasteiger partial charge in [-0.3, -0.25) is 0 Å². The number of aliphatic hydroxyl groups is 1. The molecule has 0 spiro atoms. The van der Waals surface area contributed by atoms with E-state index in [2.05, 4.69) is 4.98 Å². The lowest BCUT2D eigenvalue weighted by Gasteiger charge is -2.37. The summed E-state index contributed by atoms with van der Waals surface area (Å²) in [5.41, 5.74) is 6.46. The molecule has 1 aliphatic rings. The lowest BCUT2D eigenvalue weighted by atomic mass is 10.1. The van der Waals surface area contributed by atoms with Gasteiger partial charge in [-0.15, -0.1) is 0 Å². The van der Waals surface area contributed by atoms with E-state index < -0.39 is 5.97 Å². The summed E-state index contributed by atoms with van der Waals surface area (Å²) in [6.07, 6.45) is 1.14. The van der Waals surface area contributed by atoms with Gasteiger partial charge in [0.15, 0.2) is 0 Å². The van der Waals surface area contributed by atoms with E-state index in [0.29, 0.717) is 30.2 Å². The number of hydrogen-bond acceptors (Lipinski definition) is 7. The van der Waals surface area contributed by atoms with E-state index in [-0.39, 0.29) is 25.4 Å². The highest BCUT2D eigenvalue weighted by Crippen LogP contribution is 2.24. The van der Waals surface area contributed by atoms with Gasteiger partial charge < -0.3 is 25.2 Å². The SMILES string of the molecule is CCOC(=O)c1cc(N)cnc1N1CC(C)OC(CO)C1. The molecule has 1 aromatic heterocycles. The number of morpholine rings is 1. The number of anilines is 2. The first-order valence-electron chi connectivity index (χ1n) is 6.99. The van der Waals surface area contributed by atoms with E-state index in [1.807, 2.05) is 11.8 Å². The Morgan fingerprint density at radius 1 is 1.62 bits per heavy atom. The van der Waals surface area contributed by atoms with Gasteiger partial charge in [-0.1, -0.05) is 0 Å². The molecule has 21 heavy (non-hydrogen) atoms. The number of nitrogen functional groups attached to an aromatic ring is 1. The Bertz CT molecular complexity index is 509. The Morgan fingerprint density at radius 2 is 2.38 bits per heavy atom. The summed E-state index contributed by atoms with van der Waals surface area (Å²) in [5.74, 6) is 0.0586. The number of pyridine rings is 1. The van der Waals surface area contributed by atoms with Gasteiger partial charge in [-0.05, 0) is 19.9 Å². The minimum atomic E-state index is -0.452. The fraction of sp³-hybridized carbons (Fsp3) is 0.571. The highest BCUT2D eigenvalue weighted by molar-refractivity contribution is 5.95. The van der Waals surface area contributed by atoms with Gasteiger partial charge in [0.05, 0.1) is 37.3 Å². The zero-order valence-electron chi connectivity index (χ0n) is 12.3. The van der Waals surface area contributed by atoms with E-state index >= 15 is 0 Å². The number of aliphatic hydroxyl groups excluding tert-OH is 1. The minimum Gasteiger partial charge on any atom is -0.462 e. The van der Waals surface area contributed by atoms with E-state index in [9.17, 15) is 9.90 Å². The first kappa shape index (κ1) is 15.5. The molecule has 1 fully saturated rings. The molecule has 7 nitrogen and oxygen atoms in total. The molecule has 0 amide bonds. The first-order valence-corrected chi connectivity index (χ1v) is 6.99. The van der Waals surface area contributed by atoms with Crippen LogP contribution in [0, 0.1) is 0 Å². The minimum absolute atomic E-state index is 0.0645. The number of nitrogens with zero attached hydrogens (tertiary/aromatic N) is 2. The number of carbonyl (C=O) groups is 1. The maximum absolute atomic E-state index is 12.1. The summed E-state index contributed by atoms with van der Waals surface area (Å²) in [6.45, 7) is 4.91. The van der Waals surface area contributed by atoms with Crippen molar-refractivity contribution in [3.8, 4) is 0 Å². The van der Waals surface area contributed by atoms with Gasteiger partial charge in [0.1, 0.15) is 11.4 Å². The zero-order valence-corrected chi connectivity index (χ0v) is 12.3. The summed E-state index contributed by atoms with van der Waals surface area (Å²) in [6, 6.07) is 1.56. The molecule has 0 aliphatic carbocycles. The van der Waals surface area contributed by atoms with Crippen molar-refractivity contribution in [3.05, 3.63) is 17.8 Å². The van der Waals surface area contributed by atoms with Gasteiger partial charge in [0, 0.05) is 13.1 Å². The molecule has 7 heteroatoms. The standard InChI is InChI=1S/C14H21N3O4/c1-3-20-14(19)12-4-10(15)5-16-13(12)17-6-9(2)21-11(7-17)8-18/h4-5,9,11,18H,3,6-8,15H2,1-2H3. The largest absolute Gasteiger partial charge is 0.462 e. The molecule has 1 aromatic rings. The van der Waals surface area contributed by atoms with E-state index in [1.54, 1.807) is 13.0 Å². The van der Waals surface area contributed by atoms with Gasteiger partial charge in [-0.2, -0.15) is 0 Å². The summed E-state index contributed by atoms with van der Waals surface area (Å²) in [7, 11) is 0. The van der Waals surface area contributed by atoms with Crippen molar-refractivity contribution < 1.29 is 19.4 Å². The van der Waals surface area contributed by atoms with Crippen LogP contribution in [0.4, 0.5) is 11.5 Å². The van der Waals surface area contributed by atoms with Crippen molar-refractivity contribution in [2.45, 2.75) is 26.1 Å². The van der Waals surface area contributed by atoms with E-state index in [1.165, 1.54) is 6.20 Å². The second-order valence-electron chi connectivity index (χ2n) is 5.02. The predicted octanol–water partition coefficient (Wildman–Crippen LogP) is 0.426. The Balaban J connectivity index is 2.31. The number of rotatable bonds is 4. The van der Waals surface area contributed by atoms with E-state index in [4.69, 9.17) is 15.2 Å². The van der Waals surface area contributed by atoms with Crippen LogP contribution in [-0.4, -0.2) is 54.6 Å². The normalized spacial score (nSPS) is 22.1. The lowest BCUT2D eigenvalue weighted by molar-refractivity contribution is -0.0423. The summed E-state index contributed by atoms with van der Waals surface area (Å²) in [4.78, 5) is 18.3. The Kier molecular flexibility index (Phi) is 4.98. The highest BCUT2D eigenvalue weighted by atomic mass is 16.5. The van der Waals surface area contributed by atoms with Gasteiger partial charge >= 0.3 is 5.97 Å². The Morgan fingerprint density at radius 3 is 3.05 bits per heavy atom. The van der Waals surface area contributed by atoms with Crippen LogP contribution >= 0.6 is 0 Å². The van der Waals surface area contributed by atoms with Crippen LogP contribution in [0.15, 0.2) is 12.3 Å². The van der Waals surface area contributed by atoms with Gasteiger partial charge in [-0.25, -0.2) is 9.78 Å². The van der Waals surface area contributed by atoms with Crippen molar-refractivity contribution in [2.24, 2.45) is 0 Å². The molecule has 3 N–H and O–H groups in total. The molecular formula is C14H21N3O4. The maximum atomic E-state index is 12.1. The van der Waals surface area contributed by atoms with Crippen molar-refractivity contribution >= 4 is 17.5 Å². The molecule has 0 bridgehead atoms. The molecule has 2 rings (SSSR count). The van der Waals surface area contributed by atoms with E-state index in [0.717, 1.165) is 0 Å². The average Bonchev–Trinajstić information content (AvgIpc) is 2.46. The number of hydrogen-bond donors (Lipinski definition) is 2. The Labute approximate surface area is 123 Å². The molecule has 116 valence electrons. The van der Waals surface area contributed by atoms with Crippen LogP contribution in [0.25, 0.3) is 0 Å². The highest BCUT2D eigenvalue weighted by Gasteiger charge is 2.28. The molecular weight excluding hydrogens is 274 g/mol. The lowest BCUT2D eigenvalue weighted by Crippen LogP contribution is -2.48. The fourth-order valence-electron chi connectivity index (χ4n) is 2.40. The van der Waals surface area contributed by atoms with Crippen LogP contribution in [-0.2, 0) is 9.47 Å². The quantitative estimate of drug-likeness (QED) is 0.777. The molecule has 1 aliphatic heterocycles. The molecule has 0 radical (unpaired) electrons. The number of ether oxygens (including phenoxy) is 2. The van der Waals surface area contributed by atoms with Crippen LogP contribution < -0.4 is 10.6 Å². The number of esters is 1. The second-order valence-corrected chi connectivity index (χ2v) is 5.02. The molecule has 0 aromatic carbocycles. The monoisotopic (exact) mass is 295 g/mol. The van der Waals surface area contributed by atoms with Crippen LogP contribution in [0.2, 0.25) is 0 Å². The number of carbonyl (C=O) groups excluding carboxylic acids is 1. The number of aromatic nitrogens is 1. The third-order valence-electron chi connectivity index (χ3n) is 3.21. The maximum Gasteiger partial charge on any atom is 0.341 e. The van der Waals surface area contributed by atoms with Gasteiger partial charge in [0.2, 0.25) is 0 Å². The van der Waals surface area contributed by atoms with Gasteiger partial charge in [0.25, 0.3) is 0 Å². The molecule has 2 atom stereocenters. The molecule has 2 unspecified atom stereocenters. The smallest absolute Gasteiger partial charge is 0.341 e. The third-order valence-corrected chi connectivity index (χ3v) is 3.21. The van der Waals surface area contributed by atoms with Crippen molar-refractivity contribution in [2.75, 3.05) is 36.9 Å². The summed E-state index contributed by atoms with van der Waals surface area (Å²) in [5, 5.41) is 9.30. The van der Waals surface area contributed by atoms with Crippen molar-refractivity contribution in [1.29, 1.82) is 0 Å². The van der Waals surface area contributed by atoms with Crippen LogP contribution in [0.3, 0.4) is 0 Å². The fourth-order valence-corrected chi connectivity index (χ4v) is 2.40. The zero-order chi connectivity index (χ0) is 15.4. The molecule has 1 saturated heterocycles. The number of nitrogens with two attached hydrogens (primary N) is 1. The predicted molar refractivity (Wildman–Crippen MR) is 78.2 cm³/mol. The molecule has 0 saturated carbocycles. The first-order chi connectivity index (χ1) is 10.0. The summed E-state index contributed by atoms with van der Waals surface area (Å²) < 4.78 is 10.7. The summed E-state index contributed by atoms with van der Waals surface area (Å²) >= 11 is 0. The Hall–Kier alpha value is -1.86. The second kappa shape index (κ2) is 6.73.